The number of imide groups is 1. The summed E-state index contributed by atoms with van der Waals surface area (Å²) in [5.74, 6) is -7.24. The van der Waals surface area contributed by atoms with E-state index in [0.717, 1.165) is 9.80 Å². The number of likely N-dealkylation sites (tertiary alicyclic amines) is 1. The summed E-state index contributed by atoms with van der Waals surface area (Å²) in [6.45, 7) is -0.725. The Balaban J connectivity index is 1.45. The average Bonchev–Trinajstić information content (AvgIpc) is 3.41. The van der Waals surface area contributed by atoms with E-state index in [1.165, 1.54) is 0 Å². The maximum Gasteiger partial charge on any atom is 0.416 e. The van der Waals surface area contributed by atoms with E-state index in [4.69, 9.17) is 10.8 Å². The molecular weight excluding hydrogens is 520 g/mol. The van der Waals surface area contributed by atoms with Crippen LogP contribution in [0.1, 0.15) is 28.8 Å². The van der Waals surface area contributed by atoms with Gasteiger partial charge in [-0.1, -0.05) is 0 Å². The average molecular weight is 542 g/mol. The molecule has 4 heterocycles. The van der Waals surface area contributed by atoms with Crippen molar-refractivity contribution in [3.05, 3.63) is 35.1 Å². The minimum Gasteiger partial charge on any atom is -0.361 e. The van der Waals surface area contributed by atoms with Gasteiger partial charge in [-0.15, -0.1) is 0 Å². The molecule has 1 aromatic rings. The predicted molar refractivity (Wildman–Crippen MR) is 118 cm³/mol. The third-order valence-electron chi connectivity index (χ3n) is 7.22. The molecule has 0 saturated carbocycles. The molecule has 0 aliphatic carbocycles. The number of halogens is 4. The molecule has 1 spiro atoms. The lowest BCUT2D eigenvalue weighted by molar-refractivity contribution is -0.232. The van der Waals surface area contributed by atoms with Gasteiger partial charge in [-0.05, 0) is 18.2 Å². The Hall–Kier alpha value is -3.99. The summed E-state index contributed by atoms with van der Waals surface area (Å²) in [6.07, 6.45) is -4.94. The first-order valence-electron chi connectivity index (χ1n) is 11.4. The molecular formula is C21H22F4N8O5. The Morgan fingerprint density at radius 2 is 1.79 bits per heavy atom. The number of rotatable bonds is 4. The van der Waals surface area contributed by atoms with Gasteiger partial charge in [0.15, 0.2) is 17.6 Å². The Morgan fingerprint density at radius 3 is 2.42 bits per heavy atom. The van der Waals surface area contributed by atoms with Gasteiger partial charge in [0.05, 0.1) is 24.2 Å². The van der Waals surface area contributed by atoms with E-state index < -0.39 is 82.9 Å². The van der Waals surface area contributed by atoms with Gasteiger partial charge in [-0.2, -0.15) is 13.2 Å². The Labute approximate surface area is 211 Å². The summed E-state index contributed by atoms with van der Waals surface area (Å²) in [5.41, 5.74) is -4.21. The van der Waals surface area contributed by atoms with Gasteiger partial charge in [-0.25, -0.2) is 4.39 Å². The third-order valence-corrected chi connectivity index (χ3v) is 7.22. The minimum absolute atomic E-state index is 0.000604. The molecule has 204 valence electrons. The number of alkyl halides is 3. The van der Waals surface area contributed by atoms with Gasteiger partial charge < -0.3 is 36.4 Å². The Morgan fingerprint density at radius 1 is 1.13 bits per heavy atom. The van der Waals surface area contributed by atoms with Crippen molar-refractivity contribution < 1.29 is 42.2 Å². The number of nitrogens with zero attached hydrogens (tertiary/aromatic N) is 2. The van der Waals surface area contributed by atoms with E-state index in [-0.39, 0.29) is 31.4 Å². The van der Waals surface area contributed by atoms with Crippen LogP contribution < -0.4 is 21.3 Å². The lowest BCUT2D eigenvalue weighted by Gasteiger charge is -2.51. The number of hydrogen-bond acceptors (Lipinski definition) is 7. The second-order valence-electron chi connectivity index (χ2n) is 9.48. The van der Waals surface area contributed by atoms with E-state index in [2.05, 4.69) is 21.3 Å². The largest absolute Gasteiger partial charge is 0.416 e. The van der Waals surface area contributed by atoms with Crippen LogP contribution in [0.25, 0.3) is 0 Å². The zero-order chi connectivity index (χ0) is 27.8. The second kappa shape index (κ2) is 8.26. The van der Waals surface area contributed by atoms with Crippen LogP contribution in [0.2, 0.25) is 0 Å². The number of hydrogen-bond donors (Lipinski definition) is 8. The van der Waals surface area contributed by atoms with Crippen LogP contribution >= 0.6 is 0 Å². The van der Waals surface area contributed by atoms with Crippen molar-refractivity contribution in [1.29, 1.82) is 10.8 Å². The smallest absolute Gasteiger partial charge is 0.361 e. The van der Waals surface area contributed by atoms with Crippen molar-refractivity contribution in [3.8, 4) is 0 Å². The van der Waals surface area contributed by atoms with Gasteiger partial charge >= 0.3 is 6.18 Å². The van der Waals surface area contributed by atoms with Gasteiger partial charge in [0, 0.05) is 24.9 Å². The highest BCUT2D eigenvalue weighted by molar-refractivity contribution is 6.02. The van der Waals surface area contributed by atoms with E-state index in [0.29, 0.717) is 12.1 Å². The summed E-state index contributed by atoms with van der Waals surface area (Å²) in [7, 11) is 0. The Bertz CT molecular complexity index is 1260. The fourth-order valence-corrected chi connectivity index (χ4v) is 5.48. The number of amides is 3. The van der Waals surface area contributed by atoms with E-state index >= 15 is 0 Å². The van der Waals surface area contributed by atoms with Crippen molar-refractivity contribution >= 4 is 29.6 Å². The number of guanidine groups is 2. The van der Waals surface area contributed by atoms with Gasteiger partial charge in [-0.3, -0.25) is 30.1 Å². The Kier molecular flexibility index (Phi) is 5.57. The highest BCUT2D eigenvalue weighted by Gasteiger charge is 2.74. The molecule has 1 unspecified atom stereocenters. The fourth-order valence-electron chi connectivity index (χ4n) is 5.48. The number of carbonyl (C=O) groups is 3. The van der Waals surface area contributed by atoms with Crippen molar-refractivity contribution in [2.75, 3.05) is 13.1 Å². The standard InChI is InChI=1S/C21H22F4N8O5/c22-10-4-8(3-9(5-10)21(23,24)25)16(36)29-12-7-33-18(27)28-11(6-32-13(34)1-2-14(32)35)15-19(33,20(12,37)38)31-17(26)30-15/h3-5,11-12,15,37-38H,1-2,6-7H2,(H2,27,28)(H,29,36)(H3,26,30,31)/t11-,12?,15-,19-/m0/s1. The third kappa shape index (κ3) is 3.72. The van der Waals surface area contributed by atoms with Crippen molar-refractivity contribution in [1.82, 2.24) is 31.1 Å². The molecule has 0 radical (unpaired) electrons. The van der Waals surface area contributed by atoms with Crippen LogP contribution in [0.3, 0.4) is 0 Å². The number of nitrogens with one attached hydrogen (secondary N) is 6. The molecule has 1 aromatic carbocycles. The van der Waals surface area contributed by atoms with Crippen LogP contribution in [0.5, 0.6) is 0 Å². The predicted octanol–water partition coefficient (Wildman–Crippen LogP) is -1.81. The summed E-state index contributed by atoms with van der Waals surface area (Å²) >= 11 is 0. The van der Waals surface area contributed by atoms with Crippen molar-refractivity contribution in [2.24, 2.45) is 0 Å². The molecule has 5 rings (SSSR count). The number of aliphatic hydroxyl groups is 2. The first kappa shape index (κ1) is 25.7. The zero-order valence-corrected chi connectivity index (χ0v) is 19.3. The topological polar surface area (TPSA) is 194 Å². The molecule has 4 saturated heterocycles. The molecule has 38 heavy (non-hydrogen) atoms. The number of benzene rings is 1. The van der Waals surface area contributed by atoms with Gasteiger partial charge in [0.25, 0.3) is 5.91 Å². The first-order chi connectivity index (χ1) is 17.6. The monoisotopic (exact) mass is 542 g/mol. The van der Waals surface area contributed by atoms with Crippen LogP contribution in [-0.2, 0) is 15.8 Å². The second-order valence-corrected chi connectivity index (χ2v) is 9.48. The summed E-state index contributed by atoms with van der Waals surface area (Å²) in [4.78, 5) is 39.2. The highest BCUT2D eigenvalue weighted by Crippen LogP contribution is 2.43. The molecule has 4 aliphatic heterocycles. The fraction of sp³-hybridized carbons (Fsp3) is 0.476. The molecule has 4 atom stereocenters. The SMILES string of the molecule is N=C1N[C@H]2[C@H](CN3C(=O)CCC3=O)NC(=N)N3CC(NC(=O)c4cc(F)cc(C(F)(F)F)c4)C(O)(O)[C@]23N1. The van der Waals surface area contributed by atoms with Crippen molar-refractivity contribution in [2.45, 2.75) is 48.6 Å². The maximum absolute atomic E-state index is 13.8. The molecule has 0 aromatic heterocycles. The molecule has 17 heteroatoms. The van der Waals surface area contributed by atoms with E-state index in [1.807, 2.05) is 0 Å². The molecule has 8 N–H and O–H groups in total. The molecule has 0 bridgehead atoms. The normalized spacial score (nSPS) is 30.0. The van der Waals surface area contributed by atoms with Gasteiger partial charge in [0.2, 0.25) is 17.6 Å². The maximum atomic E-state index is 13.8. The lowest BCUT2D eigenvalue weighted by Crippen LogP contribution is -2.81. The van der Waals surface area contributed by atoms with E-state index in [9.17, 15) is 42.2 Å². The summed E-state index contributed by atoms with van der Waals surface area (Å²) in [5, 5.41) is 49.5. The lowest BCUT2D eigenvalue weighted by atomic mass is 9.84. The molecule has 4 aliphatic rings. The van der Waals surface area contributed by atoms with Crippen LogP contribution in [0, 0.1) is 16.6 Å². The van der Waals surface area contributed by atoms with Gasteiger partial charge in [0.1, 0.15) is 11.9 Å². The number of carbonyl (C=O) groups excluding carboxylic acids is 3. The zero-order valence-electron chi connectivity index (χ0n) is 19.3. The summed E-state index contributed by atoms with van der Waals surface area (Å²) in [6, 6.07) is -2.60. The quantitative estimate of drug-likeness (QED) is 0.123. The molecule has 13 nitrogen and oxygen atoms in total. The van der Waals surface area contributed by atoms with Crippen LogP contribution in [0.15, 0.2) is 18.2 Å². The molecule has 3 amide bonds. The first-order valence-corrected chi connectivity index (χ1v) is 11.4. The van der Waals surface area contributed by atoms with Crippen LogP contribution in [-0.4, -0.2) is 92.3 Å². The van der Waals surface area contributed by atoms with Crippen molar-refractivity contribution in [3.63, 3.8) is 0 Å². The molecule has 4 fully saturated rings. The highest BCUT2D eigenvalue weighted by atomic mass is 19.4. The minimum atomic E-state index is -4.94. The summed E-state index contributed by atoms with van der Waals surface area (Å²) < 4.78 is 53.1. The van der Waals surface area contributed by atoms with E-state index in [1.54, 1.807) is 0 Å². The van der Waals surface area contributed by atoms with Crippen LogP contribution in [0.4, 0.5) is 17.6 Å².